The second kappa shape index (κ2) is 8.64. The molecule has 0 spiro atoms. The minimum absolute atomic E-state index is 0.0263. The summed E-state index contributed by atoms with van der Waals surface area (Å²) in [7, 11) is 0. The summed E-state index contributed by atoms with van der Waals surface area (Å²) >= 11 is 3.25. The minimum atomic E-state index is -0.275. The molecule has 3 rings (SSSR count). The van der Waals surface area contributed by atoms with Crippen LogP contribution in [0.1, 0.15) is 28.8 Å². The predicted octanol–water partition coefficient (Wildman–Crippen LogP) is 4.04. The number of hydrogen-bond acceptors (Lipinski definition) is 3. The van der Waals surface area contributed by atoms with Crippen molar-refractivity contribution in [2.75, 3.05) is 25.0 Å². The van der Waals surface area contributed by atoms with Gasteiger partial charge >= 0.3 is 0 Å². The summed E-state index contributed by atoms with van der Waals surface area (Å²) in [6, 6.07) is 12.2. The molecule has 0 aromatic heterocycles. The Hall–Kier alpha value is -1.92. The zero-order valence-electron chi connectivity index (χ0n) is 14.4. The number of halogens is 2. The van der Waals surface area contributed by atoms with Crippen molar-refractivity contribution in [3.63, 3.8) is 0 Å². The van der Waals surface area contributed by atoms with Crippen LogP contribution in [0.15, 0.2) is 46.9 Å². The van der Waals surface area contributed by atoms with E-state index in [4.69, 9.17) is 0 Å². The van der Waals surface area contributed by atoms with Gasteiger partial charge in [0, 0.05) is 47.5 Å². The van der Waals surface area contributed by atoms with Crippen LogP contribution >= 0.6 is 15.9 Å². The van der Waals surface area contributed by atoms with Gasteiger partial charge in [0.2, 0.25) is 0 Å². The maximum Gasteiger partial charge on any atom is 0.253 e. The van der Waals surface area contributed by atoms with Crippen LogP contribution in [0.5, 0.6) is 0 Å². The Balaban J connectivity index is 1.66. The van der Waals surface area contributed by atoms with Gasteiger partial charge in [0.1, 0.15) is 5.82 Å². The number of amides is 1. The second-order valence-corrected chi connectivity index (χ2v) is 7.53. The number of hydrogen-bond donors (Lipinski definition) is 2. The van der Waals surface area contributed by atoms with E-state index >= 15 is 0 Å². The average Bonchev–Trinajstić information content (AvgIpc) is 2.67. The third kappa shape index (κ3) is 4.62. The van der Waals surface area contributed by atoms with Gasteiger partial charge in [-0.1, -0.05) is 28.1 Å². The number of nitrogens with one attached hydrogen (secondary N) is 1. The largest absolute Gasteiger partial charge is 0.396 e. The zero-order chi connectivity index (χ0) is 18.5. The van der Waals surface area contributed by atoms with Crippen molar-refractivity contribution in [1.29, 1.82) is 0 Å². The van der Waals surface area contributed by atoms with Gasteiger partial charge in [0.15, 0.2) is 0 Å². The van der Waals surface area contributed by atoms with Crippen molar-refractivity contribution in [1.82, 2.24) is 4.90 Å². The molecule has 1 atom stereocenters. The van der Waals surface area contributed by atoms with Gasteiger partial charge in [0.05, 0.1) is 0 Å². The molecule has 1 aliphatic rings. The summed E-state index contributed by atoms with van der Waals surface area (Å²) in [5, 5.41) is 12.5. The first kappa shape index (κ1) is 18.9. The predicted molar refractivity (Wildman–Crippen MR) is 104 cm³/mol. The second-order valence-electron chi connectivity index (χ2n) is 6.61. The highest BCUT2D eigenvalue weighted by molar-refractivity contribution is 9.10. The molecule has 2 aromatic carbocycles. The molecule has 2 N–H and O–H groups in total. The topological polar surface area (TPSA) is 52.6 Å². The number of carbonyl (C=O) groups excluding carboxylic acids is 1. The Bertz CT molecular complexity index is 784. The fourth-order valence-corrected chi connectivity index (χ4v) is 3.54. The zero-order valence-corrected chi connectivity index (χ0v) is 16.0. The summed E-state index contributed by atoms with van der Waals surface area (Å²) in [4.78, 5) is 14.5. The molecule has 2 aromatic rings. The number of aliphatic hydroxyl groups is 1. The van der Waals surface area contributed by atoms with Crippen LogP contribution in [-0.2, 0) is 6.54 Å². The molecule has 0 saturated carbocycles. The van der Waals surface area contributed by atoms with Crippen molar-refractivity contribution in [2.45, 2.75) is 19.4 Å². The van der Waals surface area contributed by atoms with Gasteiger partial charge in [-0.25, -0.2) is 4.39 Å². The molecule has 6 heteroatoms. The molecule has 0 aliphatic carbocycles. The third-order valence-electron chi connectivity index (χ3n) is 4.67. The maximum absolute atomic E-state index is 13.9. The number of anilines is 1. The van der Waals surface area contributed by atoms with Crippen LogP contribution < -0.4 is 5.32 Å². The number of benzene rings is 2. The average molecular weight is 421 g/mol. The third-order valence-corrected chi connectivity index (χ3v) is 5.17. The molecule has 1 amide bonds. The van der Waals surface area contributed by atoms with Gasteiger partial charge in [-0.2, -0.15) is 0 Å². The van der Waals surface area contributed by atoms with Crippen LogP contribution in [0.2, 0.25) is 0 Å². The fraction of sp³-hybridized carbons (Fsp3) is 0.350. The molecule has 1 aliphatic heterocycles. The molecule has 1 unspecified atom stereocenters. The Labute approximate surface area is 161 Å². The van der Waals surface area contributed by atoms with Crippen LogP contribution in [0.4, 0.5) is 10.1 Å². The molecular weight excluding hydrogens is 399 g/mol. The van der Waals surface area contributed by atoms with E-state index < -0.39 is 0 Å². The fourth-order valence-electron chi connectivity index (χ4n) is 3.21. The van der Waals surface area contributed by atoms with Crippen molar-refractivity contribution in [3.05, 3.63) is 63.9 Å². The van der Waals surface area contributed by atoms with Crippen molar-refractivity contribution < 1.29 is 14.3 Å². The Morgan fingerprint density at radius 3 is 2.92 bits per heavy atom. The lowest BCUT2D eigenvalue weighted by Crippen LogP contribution is -2.40. The van der Waals surface area contributed by atoms with E-state index in [1.54, 1.807) is 29.2 Å². The number of aliphatic hydroxyl groups excluding tert-OH is 1. The van der Waals surface area contributed by atoms with Crippen molar-refractivity contribution in [2.24, 2.45) is 5.92 Å². The number of carbonyl (C=O) groups is 1. The summed E-state index contributed by atoms with van der Waals surface area (Å²) in [5.74, 6) is -0.140. The summed E-state index contributed by atoms with van der Waals surface area (Å²) in [5.41, 5.74) is 1.94. The molecular formula is C20H22BrFN2O2. The Kier molecular flexibility index (Phi) is 6.27. The number of piperidine rings is 1. The van der Waals surface area contributed by atoms with E-state index in [0.29, 0.717) is 28.7 Å². The van der Waals surface area contributed by atoms with Gasteiger partial charge in [0.25, 0.3) is 5.91 Å². The maximum atomic E-state index is 13.9. The molecule has 1 fully saturated rings. The number of rotatable bonds is 5. The molecule has 1 heterocycles. The number of nitrogens with zero attached hydrogens (tertiary/aromatic N) is 1. The normalized spacial score (nSPS) is 17.2. The Morgan fingerprint density at radius 1 is 1.31 bits per heavy atom. The highest BCUT2D eigenvalue weighted by Crippen LogP contribution is 2.21. The first-order valence-corrected chi connectivity index (χ1v) is 9.54. The van der Waals surface area contributed by atoms with E-state index in [1.165, 1.54) is 6.07 Å². The summed E-state index contributed by atoms with van der Waals surface area (Å²) < 4.78 is 14.6. The van der Waals surface area contributed by atoms with E-state index in [1.807, 2.05) is 12.1 Å². The van der Waals surface area contributed by atoms with Gasteiger partial charge in [-0.05, 0) is 49.1 Å². The molecule has 0 bridgehead atoms. The van der Waals surface area contributed by atoms with E-state index in [0.717, 1.165) is 25.1 Å². The van der Waals surface area contributed by atoms with Crippen molar-refractivity contribution in [3.8, 4) is 0 Å². The van der Waals surface area contributed by atoms with Crippen LogP contribution in [0.3, 0.4) is 0 Å². The lowest BCUT2D eigenvalue weighted by Gasteiger charge is -2.32. The van der Waals surface area contributed by atoms with Crippen LogP contribution in [0.25, 0.3) is 0 Å². The first-order valence-electron chi connectivity index (χ1n) is 8.75. The lowest BCUT2D eigenvalue weighted by molar-refractivity contribution is 0.0621. The van der Waals surface area contributed by atoms with E-state index in [2.05, 4.69) is 21.2 Å². The SMILES string of the molecule is O=C(c1cccc(NCc2ccc(Br)cc2F)c1)N1CCCC(CO)C1. The quantitative estimate of drug-likeness (QED) is 0.766. The minimum Gasteiger partial charge on any atom is -0.396 e. The monoisotopic (exact) mass is 420 g/mol. The highest BCUT2D eigenvalue weighted by atomic mass is 79.9. The van der Waals surface area contributed by atoms with Crippen molar-refractivity contribution >= 4 is 27.5 Å². The molecule has 1 saturated heterocycles. The first-order chi connectivity index (χ1) is 12.6. The number of likely N-dealkylation sites (tertiary alicyclic amines) is 1. The standard InChI is InChI=1S/C20H22BrFN2O2/c21-17-7-6-16(19(22)10-17)11-23-18-5-1-4-15(9-18)20(26)24-8-2-3-14(12-24)13-25/h1,4-7,9-10,14,23,25H,2-3,8,11-13H2. The Morgan fingerprint density at radius 2 is 2.15 bits per heavy atom. The lowest BCUT2D eigenvalue weighted by atomic mass is 9.98. The van der Waals surface area contributed by atoms with Crippen LogP contribution in [0, 0.1) is 11.7 Å². The molecule has 4 nitrogen and oxygen atoms in total. The van der Waals surface area contributed by atoms with Gasteiger partial charge in [-0.3, -0.25) is 4.79 Å². The highest BCUT2D eigenvalue weighted by Gasteiger charge is 2.24. The van der Waals surface area contributed by atoms with Crippen LogP contribution in [-0.4, -0.2) is 35.6 Å². The van der Waals surface area contributed by atoms with Gasteiger partial charge < -0.3 is 15.3 Å². The summed E-state index contributed by atoms with van der Waals surface area (Å²) in [6.45, 7) is 1.77. The smallest absolute Gasteiger partial charge is 0.253 e. The van der Waals surface area contributed by atoms with E-state index in [-0.39, 0.29) is 24.2 Å². The molecule has 0 radical (unpaired) electrons. The summed E-state index contributed by atoms with van der Waals surface area (Å²) in [6.07, 6.45) is 1.87. The molecule has 26 heavy (non-hydrogen) atoms. The van der Waals surface area contributed by atoms with Gasteiger partial charge in [-0.15, -0.1) is 0 Å². The van der Waals surface area contributed by atoms with E-state index in [9.17, 15) is 14.3 Å². The molecule has 138 valence electrons.